The lowest BCUT2D eigenvalue weighted by atomic mass is 10.1. The van der Waals surface area contributed by atoms with Crippen LogP contribution in [0, 0.1) is 5.82 Å². The zero-order chi connectivity index (χ0) is 20.4. The molecule has 0 bridgehead atoms. The first-order valence-electron chi connectivity index (χ1n) is 8.68. The average molecular weight is 426 g/mol. The molecule has 4 aromatic rings. The first-order valence-corrected chi connectivity index (χ1v) is 10.4. The Balaban J connectivity index is 1.71. The van der Waals surface area contributed by atoms with E-state index in [0.29, 0.717) is 10.1 Å². The van der Waals surface area contributed by atoms with Crippen molar-refractivity contribution in [3.63, 3.8) is 0 Å². The minimum Gasteiger partial charge on any atom is -0.499 e. The Kier molecular flexibility index (Phi) is 5.33. The van der Waals surface area contributed by atoms with E-state index in [2.05, 4.69) is 5.32 Å². The summed E-state index contributed by atoms with van der Waals surface area (Å²) in [6, 6.07) is 16.3. The summed E-state index contributed by atoms with van der Waals surface area (Å²) >= 11 is 2.56. The number of rotatable bonds is 5. The van der Waals surface area contributed by atoms with Crippen molar-refractivity contribution in [1.29, 1.82) is 0 Å². The van der Waals surface area contributed by atoms with Crippen LogP contribution in [0.15, 0.2) is 66.2 Å². The molecule has 2 heterocycles. The Labute approximate surface area is 174 Å². The fraction of sp³-hybridized carbons (Fsp3) is 0.0455. The van der Waals surface area contributed by atoms with Gasteiger partial charge in [-0.15, -0.1) is 11.3 Å². The van der Waals surface area contributed by atoms with Crippen molar-refractivity contribution in [3.8, 4) is 10.8 Å². The zero-order valence-corrected chi connectivity index (χ0v) is 16.9. The van der Waals surface area contributed by atoms with Gasteiger partial charge < -0.3 is 15.2 Å². The maximum absolute atomic E-state index is 14.1. The fourth-order valence-electron chi connectivity index (χ4n) is 3.02. The number of carbonyl (C=O) groups excluding carboxylic acids is 1. The van der Waals surface area contributed by atoms with Crippen LogP contribution in [0.25, 0.3) is 15.7 Å². The van der Waals surface area contributed by atoms with Gasteiger partial charge in [-0.05, 0) is 23.1 Å². The summed E-state index contributed by atoms with van der Waals surface area (Å²) in [6.07, 6.45) is 1.62. The number of hydrogen-bond donors (Lipinski definition) is 2. The monoisotopic (exact) mass is 425 g/mol. The van der Waals surface area contributed by atoms with E-state index in [1.54, 1.807) is 17.5 Å². The number of carbonyl (C=O) groups is 1. The fourth-order valence-corrected chi connectivity index (χ4v) is 4.73. The second kappa shape index (κ2) is 8.06. The number of aromatic hydroxyl groups is 1. The van der Waals surface area contributed by atoms with Crippen LogP contribution in [-0.4, -0.2) is 18.1 Å². The van der Waals surface area contributed by atoms with Crippen LogP contribution < -0.4 is 10.1 Å². The third kappa shape index (κ3) is 3.74. The van der Waals surface area contributed by atoms with Gasteiger partial charge in [-0.1, -0.05) is 47.7 Å². The molecule has 1 amide bonds. The van der Waals surface area contributed by atoms with Gasteiger partial charge in [0.05, 0.1) is 7.11 Å². The highest BCUT2D eigenvalue weighted by atomic mass is 32.1. The molecule has 146 valence electrons. The molecule has 2 N–H and O–H groups in total. The van der Waals surface area contributed by atoms with Crippen LogP contribution in [0.4, 0.5) is 4.39 Å². The van der Waals surface area contributed by atoms with Gasteiger partial charge in [-0.3, -0.25) is 4.79 Å². The van der Waals surface area contributed by atoms with Crippen molar-refractivity contribution in [3.05, 3.63) is 88.0 Å². The predicted molar refractivity (Wildman–Crippen MR) is 115 cm³/mol. The standard InChI is InChI=1S/C22H16FNO3S2/c1-27-17-11-19-14(10-16(17)23)20(22(26)29-19)21(25)24-12-15(18-8-5-9-28-18)13-6-3-2-4-7-13/h2-12,26H,1H3,(H,24,25)/b15-12-. The summed E-state index contributed by atoms with van der Waals surface area (Å²) < 4.78 is 19.7. The minimum absolute atomic E-state index is 0.0430. The summed E-state index contributed by atoms with van der Waals surface area (Å²) in [5.74, 6) is -1.04. The topological polar surface area (TPSA) is 58.6 Å². The van der Waals surface area contributed by atoms with Crippen molar-refractivity contribution >= 4 is 44.2 Å². The third-order valence-electron chi connectivity index (χ3n) is 4.39. The molecule has 2 aromatic carbocycles. The molecule has 4 rings (SSSR count). The zero-order valence-electron chi connectivity index (χ0n) is 15.3. The summed E-state index contributed by atoms with van der Waals surface area (Å²) in [7, 11) is 1.37. The van der Waals surface area contributed by atoms with Crippen molar-refractivity contribution in [2.75, 3.05) is 7.11 Å². The van der Waals surface area contributed by atoms with E-state index in [-0.39, 0.29) is 16.4 Å². The van der Waals surface area contributed by atoms with Gasteiger partial charge in [0.2, 0.25) is 0 Å². The van der Waals surface area contributed by atoms with E-state index >= 15 is 0 Å². The lowest BCUT2D eigenvalue weighted by Crippen LogP contribution is -2.17. The summed E-state index contributed by atoms with van der Waals surface area (Å²) in [6.45, 7) is 0. The van der Waals surface area contributed by atoms with E-state index < -0.39 is 11.7 Å². The molecule has 0 unspecified atom stereocenters. The normalized spacial score (nSPS) is 11.6. The first kappa shape index (κ1) is 19.2. The van der Waals surface area contributed by atoms with E-state index in [9.17, 15) is 14.3 Å². The number of halogens is 1. The molecular weight excluding hydrogens is 409 g/mol. The molecule has 0 radical (unpaired) electrons. The van der Waals surface area contributed by atoms with Gasteiger partial charge in [-0.25, -0.2) is 4.39 Å². The highest BCUT2D eigenvalue weighted by Gasteiger charge is 2.21. The second-order valence-corrected chi connectivity index (χ2v) is 8.12. The number of ether oxygens (including phenoxy) is 1. The molecule has 29 heavy (non-hydrogen) atoms. The van der Waals surface area contributed by atoms with Gasteiger partial charge in [0.25, 0.3) is 5.91 Å². The molecular formula is C22H16FNO3S2. The number of amides is 1. The number of benzene rings is 2. The van der Waals surface area contributed by atoms with Crippen LogP contribution in [0.1, 0.15) is 20.8 Å². The molecule has 0 aliphatic rings. The third-order valence-corrected chi connectivity index (χ3v) is 6.25. The van der Waals surface area contributed by atoms with Crippen LogP contribution in [0.2, 0.25) is 0 Å². The van der Waals surface area contributed by atoms with Crippen LogP contribution >= 0.6 is 22.7 Å². The van der Waals surface area contributed by atoms with Crippen molar-refractivity contribution < 1.29 is 19.0 Å². The van der Waals surface area contributed by atoms with E-state index in [4.69, 9.17) is 4.74 Å². The van der Waals surface area contributed by atoms with Crippen molar-refractivity contribution in [1.82, 2.24) is 5.32 Å². The number of fused-ring (bicyclic) bond motifs is 1. The quantitative estimate of drug-likeness (QED) is 0.435. The van der Waals surface area contributed by atoms with E-state index in [1.165, 1.54) is 19.2 Å². The summed E-state index contributed by atoms with van der Waals surface area (Å²) in [5, 5.41) is 15.2. The van der Waals surface area contributed by atoms with Crippen molar-refractivity contribution in [2.24, 2.45) is 0 Å². The SMILES string of the molecule is COc1cc2sc(O)c(C(=O)N/C=C(/c3ccccc3)c3cccs3)c2cc1F. The maximum atomic E-state index is 14.1. The number of thiophene rings is 2. The van der Waals surface area contributed by atoms with Crippen LogP contribution in [0.3, 0.4) is 0 Å². The number of nitrogens with one attached hydrogen (secondary N) is 1. The molecule has 0 spiro atoms. The van der Waals surface area contributed by atoms with Gasteiger partial charge in [0, 0.05) is 32.8 Å². The lowest BCUT2D eigenvalue weighted by Gasteiger charge is -2.07. The first-order chi connectivity index (χ1) is 14.1. The van der Waals surface area contributed by atoms with Crippen LogP contribution in [0.5, 0.6) is 10.8 Å². The Morgan fingerprint density at radius 2 is 1.97 bits per heavy atom. The summed E-state index contributed by atoms with van der Waals surface area (Å²) in [4.78, 5) is 13.8. The summed E-state index contributed by atoms with van der Waals surface area (Å²) in [5.41, 5.74) is 1.84. The Hall–Kier alpha value is -3.16. The molecule has 2 aromatic heterocycles. The minimum atomic E-state index is -0.592. The highest BCUT2D eigenvalue weighted by Crippen LogP contribution is 2.39. The van der Waals surface area contributed by atoms with E-state index in [1.807, 2.05) is 47.8 Å². The maximum Gasteiger partial charge on any atom is 0.260 e. The molecule has 0 atom stereocenters. The predicted octanol–water partition coefficient (Wildman–Crippen LogP) is 5.64. The van der Waals surface area contributed by atoms with Gasteiger partial charge in [0.1, 0.15) is 5.56 Å². The van der Waals surface area contributed by atoms with E-state index in [0.717, 1.165) is 27.4 Å². The smallest absolute Gasteiger partial charge is 0.260 e. The van der Waals surface area contributed by atoms with Crippen molar-refractivity contribution in [2.45, 2.75) is 0 Å². The van der Waals surface area contributed by atoms with Gasteiger partial charge >= 0.3 is 0 Å². The number of methoxy groups -OCH3 is 1. The molecule has 0 saturated heterocycles. The molecule has 0 saturated carbocycles. The van der Waals surface area contributed by atoms with Gasteiger partial charge in [-0.2, -0.15) is 0 Å². The highest BCUT2D eigenvalue weighted by molar-refractivity contribution is 7.21. The average Bonchev–Trinajstić information content (AvgIpc) is 3.35. The molecule has 0 fully saturated rings. The van der Waals surface area contributed by atoms with Gasteiger partial charge in [0.15, 0.2) is 16.6 Å². The molecule has 0 aliphatic heterocycles. The molecule has 7 heteroatoms. The Bertz CT molecular complexity index is 1200. The molecule has 0 aliphatic carbocycles. The van der Waals surface area contributed by atoms with Crippen LogP contribution in [-0.2, 0) is 0 Å². The second-order valence-electron chi connectivity index (χ2n) is 6.14. The molecule has 4 nitrogen and oxygen atoms in total. The largest absolute Gasteiger partial charge is 0.499 e. The lowest BCUT2D eigenvalue weighted by molar-refractivity contribution is 0.0970. The Morgan fingerprint density at radius 1 is 1.17 bits per heavy atom. The number of hydrogen-bond acceptors (Lipinski definition) is 5. The Morgan fingerprint density at radius 3 is 2.66 bits per heavy atom.